The molecular weight excluding hydrogens is 282 g/mol. The predicted octanol–water partition coefficient (Wildman–Crippen LogP) is 2.15. The van der Waals surface area contributed by atoms with Crippen LogP contribution < -0.4 is 5.84 Å². The van der Waals surface area contributed by atoms with E-state index in [1.54, 1.807) is 18.3 Å². The first-order valence-corrected chi connectivity index (χ1v) is 6.03. The minimum Gasteiger partial charge on any atom is -0.339 e. The van der Waals surface area contributed by atoms with E-state index in [1.165, 1.54) is 10.9 Å². The molecule has 0 aliphatic carbocycles. The maximum Gasteiger partial charge on any atom is 0.212 e. The van der Waals surface area contributed by atoms with Gasteiger partial charge in [0.25, 0.3) is 0 Å². The number of pyridine rings is 1. The Morgan fingerprint density at radius 3 is 2.82 bits per heavy atom. The Bertz CT molecular complexity index is 563. The molecular formula is C12H12BrN3O. The minimum absolute atomic E-state index is 0.124. The van der Waals surface area contributed by atoms with Gasteiger partial charge in [-0.15, -0.1) is 0 Å². The standard InChI is InChI=1S/C12H12BrN3O/c1-2-10-3-4-11(16(10)14)12(17)8-5-9(13)7-15-6-8/h3-7H,2,14H2,1H3. The van der Waals surface area contributed by atoms with Crippen molar-refractivity contribution in [1.29, 1.82) is 0 Å². The Morgan fingerprint density at radius 1 is 1.47 bits per heavy atom. The predicted molar refractivity (Wildman–Crippen MR) is 69.3 cm³/mol. The zero-order valence-electron chi connectivity index (χ0n) is 9.35. The fourth-order valence-corrected chi connectivity index (χ4v) is 2.01. The summed E-state index contributed by atoms with van der Waals surface area (Å²) < 4.78 is 2.21. The summed E-state index contributed by atoms with van der Waals surface area (Å²) in [5.41, 5.74) is 1.92. The topological polar surface area (TPSA) is 60.9 Å². The Labute approximate surface area is 108 Å². The van der Waals surface area contributed by atoms with Gasteiger partial charge in [-0.1, -0.05) is 6.92 Å². The van der Waals surface area contributed by atoms with Gasteiger partial charge >= 0.3 is 0 Å². The van der Waals surface area contributed by atoms with E-state index in [1.807, 2.05) is 13.0 Å². The van der Waals surface area contributed by atoms with Gasteiger partial charge in [-0.25, -0.2) is 0 Å². The largest absolute Gasteiger partial charge is 0.339 e. The first kappa shape index (κ1) is 11.9. The van der Waals surface area contributed by atoms with E-state index in [0.29, 0.717) is 11.3 Å². The number of rotatable bonds is 3. The van der Waals surface area contributed by atoms with Gasteiger partial charge in [-0.05, 0) is 40.5 Å². The van der Waals surface area contributed by atoms with E-state index in [0.717, 1.165) is 16.6 Å². The molecule has 0 fully saturated rings. The van der Waals surface area contributed by atoms with Crippen LogP contribution in [0.2, 0.25) is 0 Å². The van der Waals surface area contributed by atoms with Crippen LogP contribution in [0.4, 0.5) is 0 Å². The number of nitrogens with two attached hydrogens (primary N) is 1. The van der Waals surface area contributed by atoms with Crippen LogP contribution in [0.3, 0.4) is 0 Å². The second kappa shape index (κ2) is 4.71. The van der Waals surface area contributed by atoms with Crippen LogP contribution >= 0.6 is 15.9 Å². The quantitative estimate of drug-likeness (QED) is 0.697. The summed E-state index contributed by atoms with van der Waals surface area (Å²) in [6, 6.07) is 5.33. The SMILES string of the molecule is CCc1ccc(C(=O)c2cncc(Br)c2)n1N. The average molecular weight is 294 g/mol. The van der Waals surface area contributed by atoms with E-state index in [4.69, 9.17) is 5.84 Å². The number of halogens is 1. The Morgan fingerprint density at radius 2 is 2.24 bits per heavy atom. The van der Waals surface area contributed by atoms with Crippen molar-refractivity contribution in [3.8, 4) is 0 Å². The van der Waals surface area contributed by atoms with Crippen molar-refractivity contribution >= 4 is 21.7 Å². The second-order valence-corrected chi connectivity index (χ2v) is 4.57. The van der Waals surface area contributed by atoms with Crippen LogP contribution in [-0.4, -0.2) is 15.4 Å². The van der Waals surface area contributed by atoms with Gasteiger partial charge in [0.05, 0.1) is 0 Å². The number of aryl methyl sites for hydroxylation is 1. The van der Waals surface area contributed by atoms with Gasteiger partial charge in [0.15, 0.2) is 0 Å². The number of nitrogen functional groups attached to an aromatic ring is 1. The zero-order valence-corrected chi connectivity index (χ0v) is 10.9. The molecule has 0 spiro atoms. The lowest BCUT2D eigenvalue weighted by molar-refractivity contribution is 0.103. The number of hydrogen-bond donors (Lipinski definition) is 1. The average Bonchev–Trinajstić information content (AvgIpc) is 2.69. The molecule has 0 aliphatic heterocycles. The van der Waals surface area contributed by atoms with E-state index < -0.39 is 0 Å². The van der Waals surface area contributed by atoms with Gasteiger partial charge in [0.2, 0.25) is 5.78 Å². The highest BCUT2D eigenvalue weighted by Gasteiger charge is 2.15. The van der Waals surface area contributed by atoms with Crippen molar-refractivity contribution < 1.29 is 4.79 Å². The van der Waals surface area contributed by atoms with Crippen LogP contribution in [-0.2, 0) is 6.42 Å². The molecule has 0 aromatic carbocycles. The van der Waals surface area contributed by atoms with Crippen molar-refractivity contribution in [3.63, 3.8) is 0 Å². The first-order chi connectivity index (χ1) is 8.13. The van der Waals surface area contributed by atoms with Gasteiger partial charge in [0, 0.05) is 28.1 Å². The molecule has 0 bridgehead atoms. The minimum atomic E-state index is -0.124. The van der Waals surface area contributed by atoms with Crippen molar-refractivity contribution in [2.75, 3.05) is 5.84 Å². The maximum atomic E-state index is 12.2. The van der Waals surface area contributed by atoms with Crippen molar-refractivity contribution in [3.05, 3.63) is 52.0 Å². The summed E-state index contributed by atoms with van der Waals surface area (Å²) in [5, 5.41) is 0. The highest BCUT2D eigenvalue weighted by molar-refractivity contribution is 9.10. The van der Waals surface area contributed by atoms with E-state index >= 15 is 0 Å². The van der Waals surface area contributed by atoms with Gasteiger partial charge in [-0.2, -0.15) is 0 Å². The summed E-state index contributed by atoms with van der Waals surface area (Å²) in [5.74, 6) is 5.73. The molecule has 2 heterocycles. The van der Waals surface area contributed by atoms with Crippen molar-refractivity contribution in [1.82, 2.24) is 9.66 Å². The van der Waals surface area contributed by atoms with E-state index in [-0.39, 0.29) is 5.78 Å². The molecule has 17 heavy (non-hydrogen) atoms. The fourth-order valence-electron chi connectivity index (χ4n) is 1.65. The summed E-state index contributed by atoms with van der Waals surface area (Å²) in [4.78, 5) is 16.2. The van der Waals surface area contributed by atoms with E-state index in [9.17, 15) is 4.79 Å². The monoisotopic (exact) mass is 293 g/mol. The molecule has 0 aliphatic rings. The van der Waals surface area contributed by atoms with Crippen LogP contribution in [0.25, 0.3) is 0 Å². The first-order valence-electron chi connectivity index (χ1n) is 5.24. The Kier molecular flexibility index (Phi) is 3.28. The zero-order chi connectivity index (χ0) is 12.4. The molecule has 2 rings (SSSR count). The highest BCUT2D eigenvalue weighted by atomic mass is 79.9. The number of ketones is 1. The lowest BCUT2D eigenvalue weighted by atomic mass is 10.1. The molecule has 2 aromatic heterocycles. The second-order valence-electron chi connectivity index (χ2n) is 3.65. The third kappa shape index (κ3) is 2.24. The fraction of sp³-hybridized carbons (Fsp3) is 0.167. The smallest absolute Gasteiger partial charge is 0.212 e. The Hall–Kier alpha value is -1.62. The molecule has 0 saturated heterocycles. The number of nitrogens with zero attached hydrogens (tertiary/aromatic N) is 2. The van der Waals surface area contributed by atoms with Crippen LogP contribution in [0.15, 0.2) is 35.1 Å². The number of hydrogen-bond acceptors (Lipinski definition) is 3. The number of carbonyl (C=O) groups is 1. The van der Waals surface area contributed by atoms with E-state index in [2.05, 4.69) is 20.9 Å². The lowest BCUT2D eigenvalue weighted by Gasteiger charge is -2.05. The molecule has 0 saturated carbocycles. The van der Waals surface area contributed by atoms with Gasteiger partial charge in [0.1, 0.15) is 5.69 Å². The van der Waals surface area contributed by atoms with Crippen molar-refractivity contribution in [2.45, 2.75) is 13.3 Å². The molecule has 0 radical (unpaired) electrons. The van der Waals surface area contributed by atoms with Gasteiger partial charge < -0.3 is 5.84 Å². The molecule has 5 heteroatoms. The summed E-state index contributed by atoms with van der Waals surface area (Å²) in [6.07, 6.45) is 3.96. The molecule has 4 nitrogen and oxygen atoms in total. The molecule has 0 unspecified atom stereocenters. The maximum absolute atomic E-state index is 12.2. The molecule has 88 valence electrons. The third-order valence-corrected chi connectivity index (χ3v) is 3.00. The van der Waals surface area contributed by atoms with Crippen LogP contribution in [0.5, 0.6) is 0 Å². The molecule has 2 aromatic rings. The normalized spacial score (nSPS) is 10.5. The summed E-state index contributed by atoms with van der Waals surface area (Å²) in [6.45, 7) is 1.99. The van der Waals surface area contributed by atoms with Crippen molar-refractivity contribution in [2.24, 2.45) is 0 Å². The Balaban J connectivity index is 2.40. The lowest BCUT2D eigenvalue weighted by Crippen LogP contribution is -2.19. The van der Waals surface area contributed by atoms with Gasteiger partial charge in [-0.3, -0.25) is 14.5 Å². The number of aromatic nitrogens is 2. The summed E-state index contributed by atoms with van der Waals surface area (Å²) >= 11 is 3.29. The molecule has 0 amide bonds. The third-order valence-electron chi connectivity index (χ3n) is 2.56. The molecule has 2 N–H and O–H groups in total. The highest BCUT2D eigenvalue weighted by Crippen LogP contribution is 2.15. The summed E-state index contributed by atoms with van der Waals surface area (Å²) in [7, 11) is 0. The number of carbonyl (C=O) groups excluding carboxylic acids is 1. The molecule has 0 atom stereocenters. The van der Waals surface area contributed by atoms with Crippen LogP contribution in [0, 0.1) is 0 Å². The van der Waals surface area contributed by atoms with Crippen LogP contribution in [0.1, 0.15) is 28.7 Å².